The van der Waals surface area contributed by atoms with E-state index in [0.717, 1.165) is 12.8 Å². The van der Waals surface area contributed by atoms with E-state index < -0.39 is 0 Å². The Morgan fingerprint density at radius 1 is 1.35 bits per heavy atom. The predicted molar refractivity (Wildman–Crippen MR) is 62.3 cm³/mol. The molecule has 0 saturated carbocycles. The zero-order chi connectivity index (χ0) is 12.0. The van der Waals surface area contributed by atoms with Gasteiger partial charge in [0.05, 0.1) is 12.7 Å². The molecular weight excluding hydrogens is 313 g/mol. The van der Waals surface area contributed by atoms with Crippen LogP contribution >= 0.6 is 0 Å². The molecule has 0 aromatic carbocycles. The first-order valence-electron chi connectivity index (χ1n) is 5.74. The van der Waals surface area contributed by atoms with Crippen LogP contribution in [0.2, 0.25) is 0 Å². The van der Waals surface area contributed by atoms with Crippen LogP contribution in [-0.4, -0.2) is 22.4 Å². The van der Waals surface area contributed by atoms with Gasteiger partial charge in [0.15, 0.2) is 5.43 Å². The zero-order valence-corrected chi connectivity index (χ0v) is 11.7. The minimum absolute atomic E-state index is 0. The number of rotatable bonds is 2. The second-order valence-electron chi connectivity index (χ2n) is 3.45. The fourth-order valence-electron chi connectivity index (χ4n) is 1.66. The Morgan fingerprint density at radius 2 is 1.94 bits per heavy atom. The van der Waals surface area contributed by atoms with Gasteiger partial charge in [0.25, 0.3) is 0 Å². The number of hydrogen-bond donors (Lipinski definition) is 1. The molecule has 1 N–H and O–H groups in total. The van der Waals surface area contributed by atoms with Crippen molar-refractivity contribution in [2.75, 3.05) is 6.61 Å². The SMILES string of the molecule is CC.O=c1ccn(C2CCC(CO)O2)cc1.[Pd]. The molecule has 100 valence electrons. The third-order valence-electron chi connectivity index (χ3n) is 2.44. The van der Waals surface area contributed by atoms with Crippen molar-refractivity contribution in [2.24, 2.45) is 0 Å². The quantitative estimate of drug-likeness (QED) is 0.836. The van der Waals surface area contributed by atoms with Gasteiger partial charge in [-0.15, -0.1) is 0 Å². The molecule has 0 spiro atoms. The number of aliphatic hydroxyl groups is 1. The molecule has 1 saturated heterocycles. The molecule has 2 atom stereocenters. The van der Waals surface area contributed by atoms with E-state index in [0.29, 0.717) is 0 Å². The Morgan fingerprint density at radius 3 is 2.41 bits per heavy atom. The number of hydrogen-bond acceptors (Lipinski definition) is 3. The van der Waals surface area contributed by atoms with E-state index in [4.69, 9.17) is 9.84 Å². The Labute approximate surface area is 115 Å². The van der Waals surface area contributed by atoms with Crippen molar-refractivity contribution in [1.82, 2.24) is 4.57 Å². The maximum absolute atomic E-state index is 10.9. The van der Waals surface area contributed by atoms with Gasteiger partial charge in [-0.1, -0.05) is 13.8 Å². The van der Waals surface area contributed by atoms with E-state index in [1.165, 1.54) is 12.1 Å². The van der Waals surface area contributed by atoms with Crippen molar-refractivity contribution < 1.29 is 30.3 Å². The Hall–Kier alpha value is -0.468. The number of aliphatic hydroxyl groups excluding tert-OH is 1. The monoisotopic (exact) mass is 331 g/mol. The summed E-state index contributed by atoms with van der Waals surface area (Å²) in [7, 11) is 0. The molecule has 0 bridgehead atoms. The van der Waals surface area contributed by atoms with Gasteiger partial charge in [-0.3, -0.25) is 4.79 Å². The van der Waals surface area contributed by atoms with Crippen LogP contribution in [0.1, 0.15) is 32.9 Å². The van der Waals surface area contributed by atoms with Crippen LogP contribution in [0, 0.1) is 0 Å². The molecule has 2 unspecified atom stereocenters. The number of pyridine rings is 1. The van der Waals surface area contributed by atoms with Crippen molar-refractivity contribution in [2.45, 2.75) is 39.0 Å². The third-order valence-corrected chi connectivity index (χ3v) is 2.44. The fraction of sp³-hybridized carbons (Fsp3) is 0.583. The summed E-state index contributed by atoms with van der Waals surface area (Å²) in [5.41, 5.74) is -0.00189. The van der Waals surface area contributed by atoms with E-state index >= 15 is 0 Å². The maximum Gasteiger partial charge on any atom is 0.181 e. The first-order chi connectivity index (χ1) is 7.79. The molecule has 5 heteroatoms. The molecule has 1 aliphatic rings. The van der Waals surface area contributed by atoms with Crippen molar-refractivity contribution in [3.8, 4) is 0 Å². The zero-order valence-electron chi connectivity index (χ0n) is 10.1. The smallest absolute Gasteiger partial charge is 0.181 e. The molecule has 1 aromatic heterocycles. The van der Waals surface area contributed by atoms with Gasteiger partial charge in [0.2, 0.25) is 0 Å². The molecule has 0 aliphatic carbocycles. The maximum atomic E-state index is 10.9. The molecule has 1 fully saturated rings. The van der Waals surface area contributed by atoms with Crippen LogP contribution < -0.4 is 5.43 Å². The van der Waals surface area contributed by atoms with Gasteiger partial charge in [-0.2, -0.15) is 0 Å². The molecule has 17 heavy (non-hydrogen) atoms. The van der Waals surface area contributed by atoms with Gasteiger partial charge < -0.3 is 14.4 Å². The van der Waals surface area contributed by atoms with Gasteiger partial charge >= 0.3 is 0 Å². The molecule has 2 rings (SSSR count). The predicted octanol–water partition coefficient (Wildman–Crippen LogP) is 1.54. The molecule has 4 nitrogen and oxygen atoms in total. The van der Waals surface area contributed by atoms with Gasteiger partial charge in [-0.05, 0) is 12.8 Å². The van der Waals surface area contributed by atoms with Gasteiger partial charge in [0.1, 0.15) is 6.23 Å². The summed E-state index contributed by atoms with van der Waals surface area (Å²) >= 11 is 0. The van der Waals surface area contributed by atoms with E-state index in [-0.39, 0.29) is 44.8 Å². The molecule has 2 heterocycles. The standard InChI is InChI=1S/C10H13NO3.C2H6.Pd/c12-7-9-1-2-10(14-9)11-5-3-8(13)4-6-11;1-2;/h3-6,9-10,12H,1-2,7H2;1-2H3;. The Balaban J connectivity index is 0.000000811. The van der Waals surface area contributed by atoms with Crippen LogP contribution in [0.4, 0.5) is 0 Å². The second-order valence-corrected chi connectivity index (χ2v) is 3.45. The van der Waals surface area contributed by atoms with Gasteiger partial charge in [0, 0.05) is 44.9 Å². The summed E-state index contributed by atoms with van der Waals surface area (Å²) in [5, 5.41) is 8.89. The van der Waals surface area contributed by atoms with E-state index in [9.17, 15) is 4.79 Å². The van der Waals surface area contributed by atoms with Crippen molar-refractivity contribution >= 4 is 0 Å². The summed E-state index contributed by atoms with van der Waals surface area (Å²) in [6, 6.07) is 3.02. The Bertz CT molecular complexity index is 347. The van der Waals surface area contributed by atoms with Crippen molar-refractivity contribution in [3.63, 3.8) is 0 Å². The Kier molecular flexibility index (Phi) is 8.36. The first kappa shape index (κ1) is 16.5. The van der Waals surface area contributed by atoms with Crippen LogP contribution in [0.3, 0.4) is 0 Å². The average Bonchev–Trinajstić information content (AvgIpc) is 2.81. The largest absolute Gasteiger partial charge is 0.394 e. The van der Waals surface area contributed by atoms with Crippen molar-refractivity contribution in [3.05, 3.63) is 34.7 Å². The minimum Gasteiger partial charge on any atom is -0.394 e. The van der Waals surface area contributed by atoms with E-state index in [1.54, 1.807) is 12.4 Å². The normalized spacial score (nSPS) is 22.3. The fourth-order valence-corrected chi connectivity index (χ4v) is 1.66. The number of aromatic nitrogens is 1. The summed E-state index contributed by atoms with van der Waals surface area (Å²) in [4.78, 5) is 10.9. The van der Waals surface area contributed by atoms with Gasteiger partial charge in [-0.25, -0.2) is 0 Å². The number of nitrogens with zero attached hydrogens (tertiary/aromatic N) is 1. The summed E-state index contributed by atoms with van der Waals surface area (Å²) in [6.07, 6.45) is 5.09. The molecular formula is C12H19NO3Pd. The molecule has 1 aliphatic heterocycles. The third kappa shape index (κ3) is 4.73. The summed E-state index contributed by atoms with van der Waals surface area (Å²) in [5.74, 6) is 0. The summed E-state index contributed by atoms with van der Waals surface area (Å²) in [6.45, 7) is 4.07. The molecule has 0 amide bonds. The minimum atomic E-state index is -0.0561. The van der Waals surface area contributed by atoms with Crippen molar-refractivity contribution in [1.29, 1.82) is 0 Å². The van der Waals surface area contributed by atoms with Crippen LogP contribution in [0.5, 0.6) is 0 Å². The average molecular weight is 332 g/mol. The van der Waals surface area contributed by atoms with Crippen LogP contribution in [0.15, 0.2) is 29.3 Å². The van der Waals surface area contributed by atoms with E-state index in [1.807, 2.05) is 18.4 Å². The molecule has 0 radical (unpaired) electrons. The molecule has 1 aromatic rings. The van der Waals surface area contributed by atoms with E-state index in [2.05, 4.69) is 0 Å². The first-order valence-corrected chi connectivity index (χ1v) is 5.74. The second kappa shape index (κ2) is 8.60. The number of ether oxygens (including phenoxy) is 1. The van der Waals surface area contributed by atoms with Crippen LogP contribution in [-0.2, 0) is 25.2 Å². The topological polar surface area (TPSA) is 51.5 Å². The van der Waals surface area contributed by atoms with Crippen LogP contribution in [0.25, 0.3) is 0 Å². The summed E-state index contributed by atoms with van der Waals surface area (Å²) < 4.78 is 7.41.